The largest absolute Gasteiger partial charge is 0.485 e. The van der Waals surface area contributed by atoms with Crippen LogP contribution in [0.15, 0.2) is 54.6 Å². The lowest BCUT2D eigenvalue weighted by molar-refractivity contribution is -0.245. The highest BCUT2D eigenvalue weighted by Gasteiger charge is 2.59. The lowest BCUT2D eigenvalue weighted by Gasteiger charge is -2.51. The molecule has 67 heavy (non-hydrogen) atoms. The van der Waals surface area contributed by atoms with Gasteiger partial charge in [0.1, 0.15) is 52.4 Å². The average Bonchev–Trinajstić information content (AvgIpc) is 4.03. The van der Waals surface area contributed by atoms with Crippen molar-refractivity contribution in [1.82, 2.24) is 14.7 Å². The Morgan fingerprint density at radius 3 is 1.19 bits per heavy atom. The lowest BCUT2D eigenvalue weighted by Crippen LogP contribution is -2.59. The topological polar surface area (TPSA) is 225 Å². The molecule has 3 aromatic rings. The molecule has 8 atom stereocenters. The zero-order valence-electron chi connectivity index (χ0n) is 38.3. The number of hydrogen-bond acceptors (Lipinski definition) is 13. The van der Waals surface area contributed by atoms with Gasteiger partial charge in [0.05, 0.1) is 53.0 Å². The van der Waals surface area contributed by atoms with Gasteiger partial charge in [0.15, 0.2) is 0 Å². The van der Waals surface area contributed by atoms with Crippen LogP contribution in [-0.2, 0) is 32.9 Å². The van der Waals surface area contributed by atoms with E-state index in [0.29, 0.717) is 72.8 Å². The van der Waals surface area contributed by atoms with Crippen molar-refractivity contribution in [3.05, 3.63) is 88.0 Å². The summed E-state index contributed by atoms with van der Waals surface area (Å²) < 4.78 is 56.2. The maximum absolute atomic E-state index is 15.9. The summed E-state index contributed by atoms with van der Waals surface area (Å²) in [6.45, 7) is 11.2. The predicted molar refractivity (Wildman–Crippen MR) is 237 cm³/mol. The Hall–Kier alpha value is -5.99. The molecule has 6 aliphatic heterocycles. The number of amides is 3. The van der Waals surface area contributed by atoms with Crippen molar-refractivity contribution in [2.45, 2.75) is 139 Å². The molecule has 9 rings (SSSR count). The summed E-state index contributed by atoms with van der Waals surface area (Å²) in [5, 5.41) is 30.0. The Bertz CT molecular complexity index is 2610. The summed E-state index contributed by atoms with van der Waals surface area (Å²) in [6, 6.07) is 15.9. The number of hydrogen-bond donors (Lipinski definition) is 1. The van der Waals surface area contributed by atoms with Crippen molar-refractivity contribution in [2.24, 2.45) is 0 Å². The first-order valence-electron chi connectivity index (χ1n) is 22.7. The van der Waals surface area contributed by atoms with Gasteiger partial charge in [0.25, 0.3) is 6.03 Å². The molecule has 0 radical (unpaired) electrons. The first-order valence-corrected chi connectivity index (χ1v) is 24.3. The van der Waals surface area contributed by atoms with Gasteiger partial charge in [-0.05, 0) is 115 Å². The molecule has 3 amide bonds. The molecular weight excluding hydrogens is 880 g/mol. The number of ether oxygens (including phenoxy) is 5. The number of rotatable bonds is 10. The van der Waals surface area contributed by atoms with E-state index >= 15 is 4.57 Å². The predicted octanol–water partition coefficient (Wildman–Crippen LogP) is 6.83. The van der Waals surface area contributed by atoms with Gasteiger partial charge in [-0.2, -0.15) is 15.8 Å². The highest BCUT2D eigenvalue weighted by atomic mass is 31.2. The molecule has 6 heterocycles. The molecule has 18 heteroatoms. The monoisotopic (exact) mass is 932 g/mol. The van der Waals surface area contributed by atoms with Crippen molar-refractivity contribution in [3.63, 3.8) is 0 Å². The molecule has 3 fully saturated rings. The summed E-state index contributed by atoms with van der Waals surface area (Å²) in [7, 11) is -5.42. The maximum atomic E-state index is 15.9. The van der Waals surface area contributed by atoms with Gasteiger partial charge in [-0.15, -0.1) is 0 Å². The van der Waals surface area contributed by atoms with E-state index < -0.39 is 66.9 Å². The molecule has 0 bridgehead atoms. The molecule has 0 saturated carbocycles. The second-order valence-electron chi connectivity index (χ2n) is 19.6. The molecule has 17 nitrogen and oxygen atoms in total. The second-order valence-corrected chi connectivity index (χ2v) is 21.4. The molecule has 7 unspecified atom stereocenters. The van der Waals surface area contributed by atoms with Crippen LogP contribution in [-0.4, -0.2) is 98.1 Å². The van der Waals surface area contributed by atoms with E-state index in [-0.39, 0.29) is 53.7 Å². The first kappa shape index (κ1) is 46.1. The second kappa shape index (κ2) is 17.0. The van der Waals surface area contributed by atoms with Crippen LogP contribution in [0.1, 0.15) is 132 Å². The molecule has 1 N–H and O–H groups in total. The first-order chi connectivity index (χ1) is 31.8. The standard InChI is InChI=1S/C49H53N6O11P/c1-47(2)43(40(53-19-7-10-37(53)56)31-22-28(25-50)13-16-34(31)63-47)61-46(62-44-41(54-20-8-11-38(54)57)32-23-29(26-51)14-17-35(32)64-48(44,3)4)67(59,60)66-45-42(55-21-9-12-39(55)58)33-24-30(27-52)15-18-36(33)65-49(45,5)6/h13-18,22-24,40-46H,7-12,19-21H2,1-6H3,(H,59,60)/t40-,41?,42?,43?,44?,45?,46?/m1/s1. The van der Waals surface area contributed by atoms with E-state index in [1.54, 1.807) is 111 Å². The van der Waals surface area contributed by atoms with Crippen molar-refractivity contribution >= 4 is 25.3 Å². The molecule has 350 valence electrons. The van der Waals surface area contributed by atoms with E-state index in [0.717, 1.165) is 0 Å². The minimum absolute atomic E-state index is 0.195. The molecule has 0 spiro atoms. The molecule has 0 aromatic heterocycles. The fourth-order valence-corrected chi connectivity index (χ4v) is 12.0. The summed E-state index contributed by atoms with van der Waals surface area (Å²) in [5.74, 6) is 0.547. The van der Waals surface area contributed by atoms with Crippen LogP contribution < -0.4 is 14.2 Å². The Labute approximate surface area is 389 Å². The van der Waals surface area contributed by atoms with Gasteiger partial charge in [-0.3, -0.25) is 23.5 Å². The maximum Gasteiger partial charge on any atom is 0.384 e. The Morgan fingerprint density at radius 2 is 0.896 bits per heavy atom. The molecule has 6 aliphatic rings. The van der Waals surface area contributed by atoms with Crippen molar-refractivity contribution in [3.8, 4) is 35.5 Å². The fraction of sp³-hybridized carbons (Fsp3) is 0.510. The molecule has 0 aliphatic carbocycles. The minimum Gasteiger partial charge on any atom is -0.485 e. The van der Waals surface area contributed by atoms with Crippen molar-refractivity contribution in [1.29, 1.82) is 15.8 Å². The van der Waals surface area contributed by atoms with E-state index in [2.05, 4.69) is 18.2 Å². The van der Waals surface area contributed by atoms with Gasteiger partial charge < -0.3 is 43.3 Å². The van der Waals surface area contributed by atoms with E-state index in [4.69, 9.17) is 28.2 Å². The van der Waals surface area contributed by atoms with Crippen molar-refractivity contribution in [2.75, 3.05) is 19.6 Å². The smallest absolute Gasteiger partial charge is 0.384 e. The van der Waals surface area contributed by atoms with Crippen LogP contribution in [0.4, 0.5) is 0 Å². The summed E-state index contributed by atoms with van der Waals surface area (Å²) in [5.41, 5.74) is -1.93. The highest BCUT2D eigenvalue weighted by Crippen LogP contribution is 2.60. The number of carbonyl (C=O) groups is 3. The van der Waals surface area contributed by atoms with Crippen LogP contribution >= 0.6 is 7.60 Å². The van der Waals surface area contributed by atoms with E-state index in [1.165, 1.54) is 0 Å². The number of fused-ring (bicyclic) bond motifs is 3. The minimum atomic E-state index is -5.42. The average molecular weight is 933 g/mol. The number of nitriles is 3. The zero-order chi connectivity index (χ0) is 47.8. The number of benzene rings is 3. The number of nitrogens with zero attached hydrogens (tertiary/aromatic N) is 6. The molecule has 3 aromatic carbocycles. The van der Waals surface area contributed by atoms with E-state index in [9.17, 15) is 35.1 Å². The summed E-state index contributed by atoms with van der Waals surface area (Å²) >= 11 is 0. The Kier molecular flexibility index (Phi) is 11.7. The quantitative estimate of drug-likeness (QED) is 0.163. The number of likely N-dealkylation sites (tertiary alicyclic amines) is 3. The van der Waals surface area contributed by atoms with Crippen LogP contribution in [0.5, 0.6) is 17.2 Å². The third-order valence-electron chi connectivity index (χ3n) is 13.8. The summed E-state index contributed by atoms with van der Waals surface area (Å²) in [6.07, 6.45) is -1.62. The fourth-order valence-electron chi connectivity index (χ4n) is 10.7. The van der Waals surface area contributed by atoms with Crippen LogP contribution in [0.3, 0.4) is 0 Å². The molecule has 3 saturated heterocycles. The van der Waals surface area contributed by atoms with Gasteiger partial charge in [-0.25, -0.2) is 0 Å². The zero-order valence-corrected chi connectivity index (χ0v) is 39.2. The molecular formula is C49H53N6O11P. The Balaban J connectivity index is 1.21. The highest BCUT2D eigenvalue weighted by molar-refractivity contribution is 7.53. The summed E-state index contributed by atoms with van der Waals surface area (Å²) in [4.78, 5) is 59.1. The van der Waals surface area contributed by atoms with Gasteiger partial charge in [0, 0.05) is 55.6 Å². The third-order valence-corrected chi connectivity index (χ3v) is 15.1. The normalized spacial score (nSPS) is 28.1. The third kappa shape index (κ3) is 8.19. The van der Waals surface area contributed by atoms with Crippen molar-refractivity contribution < 1.29 is 52.1 Å². The number of carbonyl (C=O) groups excluding carboxylic acids is 3. The Morgan fingerprint density at radius 1 is 0.582 bits per heavy atom. The van der Waals surface area contributed by atoms with E-state index in [1.807, 2.05) is 0 Å². The van der Waals surface area contributed by atoms with Gasteiger partial charge in [-0.1, -0.05) is 0 Å². The van der Waals surface area contributed by atoms with Crippen LogP contribution in [0, 0.1) is 34.0 Å². The lowest BCUT2D eigenvalue weighted by atomic mass is 9.84. The van der Waals surface area contributed by atoms with Crippen LogP contribution in [0.2, 0.25) is 0 Å². The van der Waals surface area contributed by atoms with Crippen LogP contribution in [0.25, 0.3) is 0 Å². The van der Waals surface area contributed by atoms with Gasteiger partial charge in [0.2, 0.25) is 17.7 Å². The SMILES string of the molecule is CC1(C)Oc2ccc(C#N)cc2C(N2CCCC2=O)C1OC(OC1[C@H](N2CCCC2=O)c2cc(C#N)ccc2OC1(C)C)P(=O)(O)OC1C(N2CCCC2=O)c2cc(C#N)ccc2OC1(C)C. The van der Waals surface area contributed by atoms with Gasteiger partial charge >= 0.3 is 7.60 Å².